The zero-order valence-corrected chi connectivity index (χ0v) is 15.4. The normalized spacial score (nSPS) is 10.1. The van der Waals surface area contributed by atoms with Gasteiger partial charge in [-0.05, 0) is 50.5 Å². The van der Waals surface area contributed by atoms with Crippen LogP contribution in [0, 0.1) is 11.3 Å². The number of rotatable bonds is 8. The molecule has 0 radical (unpaired) electrons. The number of nitriles is 1. The summed E-state index contributed by atoms with van der Waals surface area (Å²) < 4.78 is 5.38. The SMILES string of the molecule is CN(C)CCNC(=O)c1ccc(NC(=O)COc2ccccc2C#N)cc1. The highest BCUT2D eigenvalue weighted by Gasteiger charge is 2.08. The minimum atomic E-state index is -0.356. The van der Waals surface area contributed by atoms with Gasteiger partial charge in [0.1, 0.15) is 11.8 Å². The average molecular weight is 366 g/mol. The molecule has 0 bridgehead atoms. The van der Waals surface area contributed by atoms with Crippen molar-refractivity contribution in [3.8, 4) is 11.8 Å². The van der Waals surface area contributed by atoms with Crippen molar-refractivity contribution >= 4 is 17.5 Å². The summed E-state index contributed by atoms with van der Waals surface area (Å²) in [6.07, 6.45) is 0. The zero-order chi connectivity index (χ0) is 19.6. The second-order valence-corrected chi connectivity index (χ2v) is 6.08. The predicted molar refractivity (Wildman–Crippen MR) is 103 cm³/mol. The van der Waals surface area contributed by atoms with Gasteiger partial charge in [0.2, 0.25) is 0 Å². The lowest BCUT2D eigenvalue weighted by atomic mass is 10.2. The molecule has 0 unspecified atom stereocenters. The number of carbonyl (C=O) groups is 2. The summed E-state index contributed by atoms with van der Waals surface area (Å²) in [7, 11) is 3.87. The lowest BCUT2D eigenvalue weighted by Crippen LogP contribution is -2.31. The molecule has 0 atom stereocenters. The van der Waals surface area contributed by atoms with Crippen LogP contribution in [0.5, 0.6) is 5.75 Å². The maximum Gasteiger partial charge on any atom is 0.262 e. The van der Waals surface area contributed by atoms with E-state index in [0.29, 0.717) is 29.1 Å². The number of nitrogens with zero attached hydrogens (tertiary/aromatic N) is 2. The van der Waals surface area contributed by atoms with Gasteiger partial charge in [0.25, 0.3) is 11.8 Å². The van der Waals surface area contributed by atoms with E-state index in [1.807, 2.05) is 25.1 Å². The van der Waals surface area contributed by atoms with E-state index in [2.05, 4.69) is 10.6 Å². The number of anilines is 1. The van der Waals surface area contributed by atoms with Crippen molar-refractivity contribution < 1.29 is 14.3 Å². The third-order valence-corrected chi connectivity index (χ3v) is 3.64. The Morgan fingerprint density at radius 2 is 1.81 bits per heavy atom. The number of carbonyl (C=O) groups excluding carboxylic acids is 2. The topological polar surface area (TPSA) is 94.5 Å². The van der Waals surface area contributed by atoms with Crippen LogP contribution in [-0.2, 0) is 4.79 Å². The molecule has 2 N–H and O–H groups in total. The average Bonchev–Trinajstić information content (AvgIpc) is 2.66. The first-order valence-corrected chi connectivity index (χ1v) is 8.44. The van der Waals surface area contributed by atoms with Crippen LogP contribution in [0.25, 0.3) is 0 Å². The Bertz CT molecular complexity index is 826. The molecule has 0 heterocycles. The van der Waals surface area contributed by atoms with Gasteiger partial charge < -0.3 is 20.3 Å². The number of ether oxygens (including phenoxy) is 1. The molecule has 0 aromatic heterocycles. The Balaban J connectivity index is 1.84. The van der Waals surface area contributed by atoms with Crippen LogP contribution in [0.4, 0.5) is 5.69 Å². The van der Waals surface area contributed by atoms with Crippen molar-refractivity contribution in [2.75, 3.05) is 39.1 Å². The molecule has 2 amide bonds. The molecular formula is C20H22N4O3. The summed E-state index contributed by atoms with van der Waals surface area (Å²) in [5.74, 6) is -0.156. The number of nitrogens with one attached hydrogen (secondary N) is 2. The van der Waals surface area contributed by atoms with Crippen molar-refractivity contribution in [3.63, 3.8) is 0 Å². The molecule has 2 aromatic rings. The third kappa shape index (κ3) is 6.45. The van der Waals surface area contributed by atoms with E-state index in [1.165, 1.54) is 0 Å². The van der Waals surface area contributed by atoms with Gasteiger partial charge in [0, 0.05) is 24.3 Å². The highest BCUT2D eigenvalue weighted by Crippen LogP contribution is 2.16. The maximum absolute atomic E-state index is 12.0. The van der Waals surface area contributed by atoms with E-state index in [9.17, 15) is 9.59 Å². The van der Waals surface area contributed by atoms with Crippen LogP contribution in [0.1, 0.15) is 15.9 Å². The first-order valence-electron chi connectivity index (χ1n) is 8.44. The summed E-state index contributed by atoms with van der Waals surface area (Å²) in [6, 6.07) is 15.3. The predicted octanol–water partition coefficient (Wildman–Crippen LogP) is 1.87. The molecule has 2 rings (SSSR count). The van der Waals surface area contributed by atoms with Gasteiger partial charge in [-0.15, -0.1) is 0 Å². The van der Waals surface area contributed by atoms with Gasteiger partial charge in [0.05, 0.1) is 5.56 Å². The monoisotopic (exact) mass is 366 g/mol. The first-order chi connectivity index (χ1) is 13.0. The minimum Gasteiger partial charge on any atom is -0.482 e. The van der Waals surface area contributed by atoms with E-state index in [-0.39, 0.29) is 18.4 Å². The Morgan fingerprint density at radius 1 is 1.11 bits per heavy atom. The highest BCUT2D eigenvalue weighted by molar-refractivity contribution is 5.96. The number of likely N-dealkylation sites (N-methyl/N-ethyl adjacent to an activating group) is 1. The number of amides is 2. The first kappa shape index (κ1) is 19.9. The maximum atomic E-state index is 12.0. The second-order valence-electron chi connectivity index (χ2n) is 6.08. The fraction of sp³-hybridized carbons (Fsp3) is 0.250. The smallest absolute Gasteiger partial charge is 0.262 e. The third-order valence-electron chi connectivity index (χ3n) is 3.64. The van der Waals surface area contributed by atoms with Crippen LogP contribution in [-0.4, -0.2) is 50.5 Å². The van der Waals surface area contributed by atoms with Crippen LogP contribution in [0.2, 0.25) is 0 Å². The van der Waals surface area contributed by atoms with Crippen molar-refractivity contribution in [1.29, 1.82) is 5.26 Å². The molecule has 27 heavy (non-hydrogen) atoms. The number of para-hydroxylation sites is 1. The van der Waals surface area contributed by atoms with E-state index in [4.69, 9.17) is 10.00 Å². The quantitative estimate of drug-likeness (QED) is 0.744. The Labute approximate surface area is 158 Å². The molecule has 7 heteroatoms. The molecule has 0 fully saturated rings. The van der Waals surface area contributed by atoms with E-state index in [1.54, 1.807) is 48.5 Å². The molecule has 0 aliphatic rings. The Morgan fingerprint density at radius 3 is 2.48 bits per heavy atom. The standard InChI is InChI=1S/C20H22N4O3/c1-24(2)12-11-22-20(26)15-7-9-17(10-8-15)23-19(25)14-27-18-6-4-3-5-16(18)13-21/h3-10H,11-12,14H2,1-2H3,(H,22,26)(H,23,25). The van der Waals surface area contributed by atoms with Gasteiger partial charge in [0.15, 0.2) is 6.61 Å². The largest absolute Gasteiger partial charge is 0.482 e. The van der Waals surface area contributed by atoms with Crippen molar-refractivity contribution in [2.45, 2.75) is 0 Å². The van der Waals surface area contributed by atoms with Gasteiger partial charge in [-0.2, -0.15) is 5.26 Å². The number of benzene rings is 2. The van der Waals surface area contributed by atoms with Crippen molar-refractivity contribution in [3.05, 3.63) is 59.7 Å². The van der Waals surface area contributed by atoms with Gasteiger partial charge in [-0.1, -0.05) is 12.1 Å². The Hall–Kier alpha value is -3.37. The van der Waals surface area contributed by atoms with Gasteiger partial charge >= 0.3 is 0 Å². The summed E-state index contributed by atoms with van der Waals surface area (Å²) in [4.78, 5) is 26.0. The summed E-state index contributed by atoms with van der Waals surface area (Å²) in [5, 5.41) is 14.5. The highest BCUT2D eigenvalue weighted by atomic mass is 16.5. The molecule has 0 aliphatic heterocycles. The van der Waals surface area contributed by atoms with E-state index >= 15 is 0 Å². The van der Waals surface area contributed by atoms with Gasteiger partial charge in [-0.3, -0.25) is 9.59 Å². The lowest BCUT2D eigenvalue weighted by molar-refractivity contribution is -0.118. The van der Waals surface area contributed by atoms with Gasteiger partial charge in [-0.25, -0.2) is 0 Å². The fourth-order valence-corrected chi connectivity index (χ4v) is 2.23. The number of hydrogen-bond donors (Lipinski definition) is 2. The molecule has 0 saturated heterocycles. The summed E-state index contributed by atoms with van der Waals surface area (Å²) in [6.45, 7) is 1.10. The molecule has 140 valence electrons. The molecule has 0 spiro atoms. The molecule has 0 saturated carbocycles. The second kappa shape index (κ2) is 9.94. The number of hydrogen-bond acceptors (Lipinski definition) is 5. The van der Waals surface area contributed by atoms with Crippen molar-refractivity contribution in [2.24, 2.45) is 0 Å². The molecular weight excluding hydrogens is 344 g/mol. The summed E-state index contributed by atoms with van der Waals surface area (Å²) in [5.41, 5.74) is 1.45. The van der Waals surface area contributed by atoms with Crippen LogP contribution in [0.3, 0.4) is 0 Å². The zero-order valence-electron chi connectivity index (χ0n) is 15.4. The van der Waals surface area contributed by atoms with Crippen LogP contribution >= 0.6 is 0 Å². The molecule has 0 aliphatic carbocycles. The summed E-state index contributed by atoms with van der Waals surface area (Å²) >= 11 is 0. The molecule has 2 aromatic carbocycles. The molecule has 7 nitrogen and oxygen atoms in total. The van der Waals surface area contributed by atoms with Crippen LogP contribution in [0.15, 0.2) is 48.5 Å². The minimum absolute atomic E-state index is 0.161. The van der Waals surface area contributed by atoms with Crippen molar-refractivity contribution in [1.82, 2.24) is 10.2 Å². The lowest BCUT2D eigenvalue weighted by Gasteiger charge is -2.11. The Kier molecular flexibility index (Phi) is 7.35. The van der Waals surface area contributed by atoms with E-state index < -0.39 is 0 Å². The van der Waals surface area contributed by atoms with E-state index in [0.717, 1.165) is 6.54 Å². The fourth-order valence-electron chi connectivity index (χ4n) is 2.23. The van der Waals surface area contributed by atoms with Crippen LogP contribution < -0.4 is 15.4 Å².